The van der Waals surface area contributed by atoms with Gasteiger partial charge in [-0.15, -0.1) is 0 Å². The van der Waals surface area contributed by atoms with Gasteiger partial charge in [-0.25, -0.2) is 9.59 Å². The van der Waals surface area contributed by atoms with Gasteiger partial charge in [-0.1, -0.05) is 61.2 Å². The Balaban J connectivity index is 1.25. The van der Waals surface area contributed by atoms with Crippen molar-refractivity contribution in [2.75, 3.05) is 13.2 Å². The van der Waals surface area contributed by atoms with Crippen LogP contribution >= 0.6 is 12.0 Å². The number of aliphatic hydroxyl groups excluding tert-OH is 1. The van der Waals surface area contributed by atoms with Crippen LogP contribution in [-0.4, -0.2) is 69.5 Å². The molecule has 5 atom stereocenters. The van der Waals surface area contributed by atoms with Crippen molar-refractivity contribution in [3.05, 3.63) is 72.5 Å². The molecule has 2 fully saturated rings. The van der Waals surface area contributed by atoms with Crippen LogP contribution in [0.4, 0.5) is 4.79 Å². The molecule has 1 N–H and O–H groups in total. The van der Waals surface area contributed by atoms with Crippen LogP contribution < -0.4 is 0 Å². The van der Waals surface area contributed by atoms with Gasteiger partial charge in [-0.05, 0) is 42.5 Å². The topological polar surface area (TPSA) is 96.4 Å². The van der Waals surface area contributed by atoms with Crippen LogP contribution in [0.5, 0.6) is 0 Å². The Labute approximate surface area is 220 Å². The van der Waals surface area contributed by atoms with E-state index in [1.54, 1.807) is 17.9 Å². The van der Waals surface area contributed by atoms with Gasteiger partial charge >= 0.3 is 12.1 Å². The molecule has 8 nitrogen and oxygen atoms in total. The minimum absolute atomic E-state index is 0.121. The second-order valence-electron chi connectivity index (χ2n) is 9.71. The molecule has 0 spiro atoms. The lowest BCUT2D eigenvalue weighted by Crippen LogP contribution is -2.61. The number of β-lactam (4-membered cyclic amide) rings is 1. The average molecular weight is 523 g/mol. The van der Waals surface area contributed by atoms with Crippen LogP contribution in [0.1, 0.15) is 25.3 Å². The average Bonchev–Trinajstić information content (AvgIpc) is 3.47. The maximum Gasteiger partial charge on any atom is 0.410 e. The van der Waals surface area contributed by atoms with E-state index in [1.807, 2.05) is 18.2 Å². The summed E-state index contributed by atoms with van der Waals surface area (Å²) in [7, 11) is 0. The van der Waals surface area contributed by atoms with Crippen LogP contribution in [0.15, 0.2) is 66.9 Å². The van der Waals surface area contributed by atoms with E-state index in [-0.39, 0.29) is 35.5 Å². The van der Waals surface area contributed by atoms with E-state index in [4.69, 9.17) is 8.92 Å². The second kappa shape index (κ2) is 10.6. The van der Waals surface area contributed by atoms with Gasteiger partial charge in [0.15, 0.2) is 0 Å². The number of carbonyl (C=O) groups is 3. The number of aliphatic hydroxyl groups is 1. The van der Waals surface area contributed by atoms with Crippen molar-refractivity contribution in [2.45, 2.75) is 49.6 Å². The normalized spacial score (nSPS) is 25.4. The molecule has 37 heavy (non-hydrogen) atoms. The third kappa shape index (κ3) is 4.85. The fourth-order valence-electron chi connectivity index (χ4n) is 5.61. The zero-order valence-electron chi connectivity index (χ0n) is 20.6. The minimum atomic E-state index is -0.754. The van der Waals surface area contributed by atoms with Crippen molar-refractivity contribution < 1.29 is 28.4 Å². The van der Waals surface area contributed by atoms with Crippen LogP contribution in [0.3, 0.4) is 0 Å². The Morgan fingerprint density at radius 1 is 1.24 bits per heavy atom. The summed E-state index contributed by atoms with van der Waals surface area (Å²) in [5, 5.41) is 12.0. The highest BCUT2D eigenvalue weighted by Crippen LogP contribution is 2.41. The number of amides is 2. The van der Waals surface area contributed by atoms with E-state index in [2.05, 4.69) is 30.8 Å². The Kier molecular flexibility index (Phi) is 7.26. The standard InChI is InChI=1S/C28H30N2O6S/c1-3-13-35-28(34)29-16-21(15-20(29)14-19-9-6-8-18-7-4-5-10-22(18)19)37-36-27(33)24-12-11-23-25(17(2)31)26(32)30(23)24/h3-10,12,17,20-21,23,25,31H,1,11,13-16H2,2H3/t17-,20?,21+,23-,25-/m1/s1. The Hall–Kier alpha value is -3.30. The summed E-state index contributed by atoms with van der Waals surface area (Å²) in [6, 6.07) is 14.0. The predicted octanol–water partition coefficient (Wildman–Crippen LogP) is 3.83. The monoisotopic (exact) mass is 522 g/mol. The molecule has 0 aromatic heterocycles. The molecule has 1 unspecified atom stereocenters. The van der Waals surface area contributed by atoms with E-state index < -0.39 is 24.1 Å². The SMILES string of the molecule is C=CCOC(=O)N1C[C@@H](SOC(=O)C2=CC[C@@H]3[C@@H]([C@@H](C)O)C(=O)N23)CC1Cc1cccc2ccccc12. The van der Waals surface area contributed by atoms with Gasteiger partial charge < -0.3 is 23.8 Å². The molecule has 3 heterocycles. The second-order valence-corrected chi connectivity index (χ2v) is 10.7. The first-order valence-electron chi connectivity index (χ1n) is 12.5. The van der Waals surface area contributed by atoms with E-state index in [0.29, 0.717) is 25.8 Å². The summed E-state index contributed by atoms with van der Waals surface area (Å²) in [5.74, 6) is -1.31. The molecule has 2 aromatic rings. The Bertz CT molecular complexity index is 1250. The van der Waals surface area contributed by atoms with Crippen LogP contribution in [0, 0.1) is 5.92 Å². The zero-order valence-corrected chi connectivity index (χ0v) is 21.4. The highest BCUT2D eigenvalue weighted by molar-refractivity contribution is 7.95. The number of nitrogens with zero attached hydrogens (tertiary/aromatic N) is 2. The maximum atomic E-state index is 12.8. The molecule has 0 aliphatic carbocycles. The Morgan fingerprint density at radius 2 is 2.03 bits per heavy atom. The lowest BCUT2D eigenvalue weighted by Gasteiger charge is -2.44. The number of benzene rings is 2. The number of fused-ring (bicyclic) bond motifs is 2. The smallest absolute Gasteiger partial charge is 0.410 e. The van der Waals surface area contributed by atoms with Gasteiger partial charge in [0, 0.05) is 12.6 Å². The summed E-state index contributed by atoms with van der Waals surface area (Å²) < 4.78 is 10.9. The van der Waals surface area contributed by atoms with E-state index in [1.165, 1.54) is 11.0 Å². The molecule has 3 aliphatic heterocycles. The largest absolute Gasteiger partial charge is 0.445 e. The molecule has 2 aromatic carbocycles. The van der Waals surface area contributed by atoms with Crippen molar-refractivity contribution >= 4 is 40.8 Å². The van der Waals surface area contributed by atoms with Crippen LogP contribution in [0.2, 0.25) is 0 Å². The molecular weight excluding hydrogens is 492 g/mol. The lowest BCUT2D eigenvalue weighted by atomic mass is 9.83. The van der Waals surface area contributed by atoms with E-state index >= 15 is 0 Å². The van der Waals surface area contributed by atoms with Crippen molar-refractivity contribution in [1.82, 2.24) is 9.80 Å². The molecule has 0 saturated carbocycles. The summed E-state index contributed by atoms with van der Waals surface area (Å²) in [4.78, 5) is 41.2. The summed E-state index contributed by atoms with van der Waals surface area (Å²) in [6.07, 6.45) is 3.85. The fourth-order valence-corrected chi connectivity index (χ4v) is 6.44. The summed E-state index contributed by atoms with van der Waals surface area (Å²) in [5.41, 5.74) is 1.37. The van der Waals surface area contributed by atoms with Crippen molar-refractivity contribution in [3.63, 3.8) is 0 Å². The number of carbonyl (C=O) groups excluding carboxylic acids is 3. The Morgan fingerprint density at radius 3 is 2.81 bits per heavy atom. The molecule has 3 aliphatic rings. The third-order valence-corrected chi connectivity index (χ3v) is 8.20. The van der Waals surface area contributed by atoms with Gasteiger partial charge in [0.1, 0.15) is 12.3 Å². The lowest BCUT2D eigenvalue weighted by molar-refractivity contribution is -0.160. The molecular formula is C28H30N2O6S. The molecule has 2 saturated heterocycles. The molecule has 0 bridgehead atoms. The van der Waals surface area contributed by atoms with E-state index in [0.717, 1.165) is 28.4 Å². The summed E-state index contributed by atoms with van der Waals surface area (Å²) in [6.45, 7) is 5.70. The van der Waals surface area contributed by atoms with E-state index in [9.17, 15) is 19.5 Å². The van der Waals surface area contributed by atoms with Gasteiger partial charge in [0.05, 0.1) is 35.4 Å². The molecule has 194 valence electrons. The molecule has 5 rings (SSSR count). The maximum absolute atomic E-state index is 12.8. The third-order valence-electron chi connectivity index (χ3n) is 7.34. The highest BCUT2D eigenvalue weighted by atomic mass is 32.2. The van der Waals surface area contributed by atoms with Crippen molar-refractivity contribution in [1.29, 1.82) is 0 Å². The number of likely N-dealkylation sites (tertiary alicyclic amines) is 1. The van der Waals surface area contributed by atoms with Crippen molar-refractivity contribution in [3.8, 4) is 0 Å². The first-order chi connectivity index (χ1) is 17.9. The van der Waals surface area contributed by atoms with Gasteiger partial charge in [-0.3, -0.25) is 4.79 Å². The summed E-state index contributed by atoms with van der Waals surface area (Å²) >= 11 is 1.03. The number of rotatable bonds is 8. The zero-order chi connectivity index (χ0) is 26.1. The van der Waals surface area contributed by atoms with Gasteiger partial charge in [0.25, 0.3) is 0 Å². The number of hydrogen-bond acceptors (Lipinski definition) is 7. The number of ether oxygens (including phenoxy) is 1. The first-order valence-corrected chi connectivity index (χ1v) is 13.3. The first kappa shape index (κ1) is 25.4. The van der Waals surface area contributed by atoms with Crippen molar-refractivity contribution in [2.24, 2.45) is 5.92 Å². The van der Waals surface area contributed by atoms with Crippen LogP contribution in [-0.2, 0) is 24.9 Å². The highest BCUT2D eigenvalue weighted by Gasteiger charge is 2.54. The van der Waals surface area contributed by atoms with Gasteiger partial charge in [-0.2, -0.15) is 0 Å². The molecule has 2 amide bonds. The molecule has 0 radical (unpaired) electrons. The molecule has 9 heteroatoms. The minimum Gasteiger partial charge on any atom is -0.445 e. The van der Waals surface area contributed by atoms with Gasteiger partial charge in [0.2, 0.25) is 5.91 Å². The van der Waals surface area contributed by atoms with Crippen LogP contribution in [0.25, 0.3) is 10.8 Å². The number of hydrogen-bond donors (Lipinski definition) is 1. The quantitative estimate of drug-likeness (QED) is 0.320. The predicted molar refractivity (Wildman–Crippen MR) is 140 cm³/mol. The fraction of sp³-hybridized carbons (Fsp3) is 0.393.